The molecule has 0 unspecified atom stereocenters. The number of aryl methyl sites for hydroxylation is 1. The number of likely N-dealkylation sites (tertiary alicyclic amines) is 1. The second-order valence-electron chi connectivity index (χ2n) is 8.24. The van der Waals surface area contributed by atoms with E-state index in [1.165, 1.54) is 10.3 Å². The van der Waals surface area contributed by atoms with E-state index in [-0.39, 0.29) is 0 Å². The van der Waals surface area contributed by atoms with Crippen LogP contribution in [0.25, 0.3) is 22.4 Å². The third-order valence-corrected chi connectivity index (χ3v) is 6.89. The summed E-state index contributed by atoms with van der Waals surface area (Å²) in [6.45, 7) is 1.71. The van der Waals surface area contributed by atoms with Crippen molar-refractivity contribution in [2.75, 3.05) is 13.1 Å². The Morgan fingerprint density at radius 1 is 1.12 bits per heavy atom. The van der Waals surface area contributed by atoms with Crippen LogP contribution in [0.2, 0.25) is 0 Å². The molecule has 2 aliphatic rings. The fourth-order valence-corrected chi connectivity index (χ4v) is 5.10. The van der Waals surface area contributed by atoms with Crippen molar-refractivity contribution >= 4 is 51.2 Å². The second kappa shape index (κ2) is 9.04. The molecule has 2 aromatic heterocycles. The zero-order chi connectivity index (χ0) is 21.9. The van der Waals surface area contributed by atoms with Crippen LogP contribution in [-0.4, -0.2) is 39.6 Å². The Morgan fingerprint density at radius 3 is 2.81 bits per heavy atom. The highest BCUT2D eigenvalue weighted by Gasteiger charge is 2.16. The number of fused-ring (bicyclic) bond motifs is 2. The average molecular weight is 443 g/mol. The zero-order valence-corrected chi connectivity index (χ0v) is 18.7. The molecule has 0 aliphatic carbocycles. The number of rotatable bonds is 3. The van der Waals surface area contributed by atoms with Gasteiger partial charge in [-0.25, -0.2) is 15.0 Å². The van der Waals surface area contributed by atoms with Crippen molar-refractivity contribution in [2.24, 2.45) is 10.7 Å². The standard InChI is InChI=1S/C25H26N6S/c26-22-7-3-4-19-14-18(16-28-25(19)30-22)8-9-23(27)31-12-10-17(11-13-31)15-24-29-20-5-1-2-6-21(20)32-24/h1-2,5-6,8-9,14-16,27H,3-4,7,10-13H2,(H2,26,28,30)/b9-8+,27-23?. The minimum atomic E-state index is 0.543. The summed E-state index contributed by atoms with van der Waals surface area (Å²) in [7, 11) is 0. The molecule has 0 saturated carbocycles. The third-order valence-electron chi connectivity index (χ3n) is 5.91. The number of para-hydroxylation sites is 1. The normalized spacial score (nSPS) is 16.7. The fraction of sp³-hybridized carbons (Fsp3) is 0.280. The van der Waals surface area contributed by atoms with E-state index in [1.54, 1.807) is 17.5 Å². The lowest BCUT2D eigenvalue weighted by molar-refractivity contribution is 0.389. The number of nitrogens with zero attached hydrogens (tertiary/aromatic N) is 4. The quantitative estimate of drug-likeness (QED) is 0.431. The van der Waals surface area contributed by atoms with Crippen molar-refractivity contribution in [1.29, 1.82) is 5.41 Å². The molecule has 162 valence electrons. The molecule has 2 aliphatic heterocycles. The number of piperidine rings is 1. The first kappa shape index (κ1) is 20.6. The van der Waals surface area contributed by atoms with E-state index in [2.05, 4.69) is 45.2 Å². The molecule has 3 N–H and O–H groups in total. The lowest BCUT2D eigenvalue weighted by atomic mass is 10.0. The van der Waals surface area contributed by atoms with Gasteiger partial charge in [-0.1, -0.05) is 17.7 Å². The summed E-state index contributed by atoms with van der Waals surface area (Å²) in [6.07, 6.45) is 12.6. The van der Waals surface area contributed by atoms with Gasteiger partial charge in [0, 0.05) is 25.7 Å². The molecule has 0 spiro atoms. The molecule has 1 aromatic carbocycles. The van der Waals surface area contributed by atoms with E-state index in [0.29, 0.717) is 11.7 Å². The number of nitrogens with one attached hydrogen (secondary N) is 1. The van der Waals surface area contributed by atoms with Crippen LogP contribution in [0.5, 0.6) is 0 Å². The van der Waals surface area contributed by atoms with Crippen molar-refractivity contribution in [1.82, 2.24) is 14.9 Å². The molecule has 0 amide bonds. The van der Waals surface area contributed by atoms with Gasteiger partial charge in [-0.05, 0) is 73.2 Å². The molecule has 32 heavy (non-hydrogen) atoms. The first-order valence-corrected chi connectivity index (χ1v) is 11.8. The molecule has 0 bridgehead atoms. The minimum Gasteiger partial charge on any atom is -0.387 e. The first-order valence-electron chi connectivity index (χ1n) is 11.0. The number of aromatic nitrogens is 2. The van der Waals surface area contributed by atoms with Crippen molar-refractivity contribution in [3.8, 4) is 0 Å². The molecule has 1 saturated heterocycles. The Bertz CT molecular complexity index is 1210. The number of pyridine rings is 1. The topological polar surface area (TPSA) is 91.2 Å². The molecule has 0 atom stereocenters. The molecule has 0 radical (unpaired) electrons. The summed E-state index contributed by atoms with van der Waals surface area (Å²) in [5.41, 5.74) is 10.5. The van der Waals surface area contributed by atoms with Crippen molar-refractivity contribution in [3.05, 3.63) is 64.3 Å². The molecular weight excluding hydrogens is 416 g/mol. The van der Waals surface area contributed by atoms with E-state index in [9.17, 15) is 0 Å². The predicted octanol–water partition coefficient (Wildman–Crippen LogP) is 5.19. The van der Waals surface area contributed by atoms with Crippen LogP contribution < -0.4 is 5.73 Å². The summed E-state index contributed by atoms with van der Waals surface area (Å²) in [5.74, 6) is 1.93. The molecule has 5 rings (SSSR count). The van der Waals surface area contributed by atoms with Gasteiger partial charge >= 0.3 is 0 Å². The first-order chi connectivity index (χ1) is 15.6. The summed E-state index contributed by atoms with van der Waals surface area (Å²) in [4.78, 5) is 15.7. The fourth-order valence-electron chi connectivity index (χ4n) is 4.14. The van der Waals surface area contributed by atoms with Crippen LogP contribution in [-0.2, 0) is 6.42 Å². The highest BCUT2D eigenvalue weighted by molar-refractivity contribution is 7.19. The number of aliphatic imine (C=N–C) groups is 1. The van der Waals surface area contributed by atoms with E-state index in [4.69, 9.17) is 16.1 Å². The number of thiazole rings is 1. The van der Waals surface area contributed by atoms with E-state index in [1.807, 2.05) is 18.2 Å². The maximum Gasteiger partial charge on any atom is 0.157 e. The predicted molar refractivity (Wildman–Crippen MR) is 134 cm³/mol. The largest absolute Gasteiger partial charge is 0.387 e. The zero-order valence-electron chi connectivity index (χ0n) is 17.9. The maximum atomic E-state index is 8.49. The maximum absolute atomic E-state index is 8.49. The van der Waals surface area contributed by atoms with Crippen LogP contribution in [0.1, 0.15) is 41.8 Å². The van der Waals surface area contributed by atoms with Crippen molar-refractivity contribution < 1.29 is 0 Å². The Hall–Kier alpha value is -3.32. The van der Waals surface area contributed by atoms with Gasteiger partial charge in [0.25, 0.3) is 0 Å². The van der Waals surface area contributed by atoms with Gasteiger partial charge in [0.1, 0.15) is 16.7 Å². The number of benzene rings is 1. The van der Waals surface area contributed by atoms with Crippen molar-refractivity contribution in [2.45, 2.75) is 32.1 Å². The van der Waals surface area contributed by atoms with E-state index >= 15 is 0 Å². The highest BCUT2D eigenvalue weighted by Crippen LogP contribution is 2.27. The van der Waals surface area contributed by atoms with Gasteiger partial charge < -0.3 is 10.6 Å². The summed E-state index contributed by atoms with van der Waals surface area (Å²) >= 11 is 1.74. The minimum absolute atomic E-state index is 0.543. The van der Waals surface area contributed by atoms with Crippen LogP contribution in [0, 0.1) is 5.41 Å². The summed E-state index contributed by atoms with van der Waals surface area (Å²) in [5, 5.41) is 9.57. The lowest BCUT2D eigenvalue weighted by Crippen LogP contribution is -2.34. The molecule has 4 heterocycles. The van der Waals surface area contributed by atoms with Gasteiger partial charge in [0.15, 0.2) is 5.82 Å². The van der Waals surface area contributed by atoms with E-state index < -0.39 is 0 Å². The van der Waals surface area contributed by atoms with Crippen LogP contribution in [0.4, 0.5) is 5.82 Å². The number of hydrogen-bond acceptors (Lipinski definition) is 6. The smallest absolute Gasteiger partial charge is 0.157 e. The average Bonchev–Trinajstić information content (AvgIpc) is 3.11. The Morgan fingerprint density at radius 2 is 1.97 bits per heavy atom. The number of amidine groups is 2. The van der Waals surface area contributed by atoms with Crippen molar-refractivity contribution in [3.63, 3.8) is 0 Å². The summed E-state index contributed by atoms with van der Waals surface area (Å²) in [6, 6.07) is 10.4. The van der Waals surface area contributed by atoms with Gasteiger partial charge in [-0.2, -0.15) is 0 Å². The highest BCUT2D eigenvalue weighted by atomic mass is 32.1. The number of nitrogens with two attached hydrogens (primary N) is 1. The molecule has 6 nitrogen and oxygen atoms in total. The SMILES string of the molecule is N=C(/C=C/c1cnc2c(c1)CCCC(N)=N2)N1CCC(=Cc2nc3ccccc3s2)CC1. The van der Waals surface area contributed by atoms with Gasteiger partial charge in [0.05, 0.1) is 10.2 Å². The monoisotopic (exact) mass is 442 g/mol. The molecule has 3 aromatic rings. The second-order valence-corrected chi connectivity index (χ2v) is 9.30. The number of hydrogen-bond donors (Lipinski definition) is 2. The van der Waals surface area contributed by atoms with Gasteiger partial charge in [-0.15, -0.1) is 11.3 Å². The van der Waals surface area contributed by atoms with Crippen LogP contribution >= 0.6 is 11.3 Å². The van der Waals surface area contributed by atoms with Crippen LogP contribution in [0.15, 0.2) is 53.2 Å². The van der Waals surface area contributed by atoms with E-state index in [0.717, 1.165) is 72.7 Å². The lowest BCUT2D eigenvalue weighted by Gasteiger charge is -2.29. The Labute approximate surface area is 191 Å². The van der Waals surface area contributed by atoms with Gasteiger partial charge in [0.2, 0.25) is 0 Å². The third kappa shape index (κ3) is 4.62. The van der Waals surface area contributed by atoms with Gasteiger partial charge in [-0.3, -0.25) is 5.41 Å². The molecular formula is C25H26N6S. The summed E-state index contributed by atoms with van der Waals surface area (Å²) < 4.78 is 1.23. The van der Waals surface area contributed by atoms with Crippen LogP contribution in [0.3, 0.4) is 0 Å². The molecule has 7 heteroatoms. The molecule has 1 fully saturated rings. The Kier molecular flexibility index (Phi) is 5.81. The Balaban J connectivity index is 1.20.